The molecule has 0 amide bonds. The molecule has 2 aromatic rings. The van der Waals surface area contributed by atoms with Crippen LogP contribution in [0.2, 0.25) is 0 Å². The maximum absolute atomic E-state index is 3.84. The first-order chi connectivity index (χ1) is 16.0. The molecule has 1 aliphatic rings. The van der Waals surface area contributed by atoms with Gasteiger partial charge in [-0.2, -0.15) is 0 Å². The molecule has 3 rings (SSSR count). The molecule has 0 N–H and O–H groups in total. The van der Waals surface area contributed by atoms with E-state index in [4.69, 9.17) is 0 Å². The summed E-state index contributed by atoms with van der Waals surface area (Å²) in [6.07, 6.45) is 19.1. The zero-order chi connectivity index (χ0) is 23.7. The Labute approximate surface area is 213 Å². The molecule has 0 saturated heterocycles. The van der Waals surface area contributed by atoms with E-state index in [0.29, 0.717) is 0 Å². The smallest absolute Gasteiger partial charge is 0.0178 e. The fraction of sp³-hybridized carbons (Fsp3) is 0.625. The van der Waals surface area contributed by atoms with E-state index in [9.17, 15) is 0 Å². The van der Waals surface area contributed by atoms with Crippen molar-refractivity contribution in [2.75, 3.05) is 0 Å². The van der Waals surface area contributed by atoms with E-state index < -0.39 is 0 Å². The Kier molecular flexibility index (Phi) is 10.1. The maximum Gasteiger partial charge on any atom is 0.0178 e. The highest BCUT2D eigenvalue weighted by Crippen LogP contribution is 2.58. The van der Waals surface area contributed by atoms with Crippen LogP contribution >= 0.6 is 15.9 Å². The van der Waals surface area contributed by atoms with Crippen LogP contribution in [0.3, 0.4) is 0 Å². The van der Waals surface area contributed by atoms with Gasteiger partial charge in [-0.3, -0.25) is 0 Å². The summed E-state index contributed by atoms with van der Waals surface area (Å²) < 4.78 is 1.23. The van der Waals surface area contributed by atoms with E-state index in [0.717, 1.165) is 0 Å². The molecular weight excluding hydrogens is 464 g/mol. The second kappa shape index (κ2) is 12.6. The van der Waals surface area contributed by atoms with Crippen LogP contribution in [0.1, 0.15) is 129 Å². The Morgan fingerprint density at radius 1 is 0.606 bits per heavy atom. The average Bonchev–Trinajstić information content (AvgIpc) is 2.81. The third-order valence-corrected chi connectivity index (χ3v) is 8.99. The molecule has 2 aromatic carbocycles. The van der Waals surface area contributed by atoms with Crippen LogP contribution in [0.15, 0.2) is 46.9 Å². The summed E-state index contributed by atoms with van der Waals surface area (Å²) in [5, 5.41) is 0. The molecule has 0 saturated carbocycles. The first-order valence-corrected chi connectivity index (χ1v) is 14.7. The molecule has 0 aliphatic heterocycles. The Morgan fingerprint density at radius 3 is 1.73 bits per heavy atom. The SMILES string of the molecule is CCCCCCCCC1(CCCCCCCC)c2cc(Br)ccc2-c2ccccc2C1(C)C. The lowest BCUT2D eigenvalue weighted by Crippen LogP contribution is -2.48. The quantitative estimate of drug-likeness (QED) is 0.221. The van der Waals surface area contributed by atoms with Crippen molar-refractivity contribution in [2.45, 2.75) is 128 Å². The second-order valence-electron chi connectivity index (χ2n) is 11.0. The minimum absolute atomic E-state index is 0.129. The molecule has 0 radical (unpaired) electrons. The first-order valence-electron chi connectivity index (χ1n) is 13.9. The first kappa shape index (κ1) is 26.5. The summed E-state index contributed by atoms with van der Waals surface area (Å²) in [6, 6.07) is 16.3. The minimum atomic E-state index is 0.129. The van der Waals surface area contributed by atoms with E-state index in [1.807, 2.05) is 0 Å². The van der Waals surface area contributed by atoms with Gasteiger partial charge in [0, 0.05) is 9.89 Å². The third-order valence-electron chi connectivity index (χ3n) is 8.50. The summed E-state index contributed by atoms with van der Waals surface area (Å²) in [6.45, 7) is 9.71. The predicted octanol–water partition coefficient (Wildman–Crippen LogP) is 11.1. The molecule has 0 atom stereocenters. The van der Waals surface area contributed by atoms with Crippen LogP contribution in [-0.4, -0.2) is 0 Å². The van der Waals surface area contributed by atoms with Gasteiger partial charge >= 0.3 is 0 Å². The van der Waals surface area contributed by atoms with Gasteiger partial charge < -0.3 is 0 Å². The van der Waals surface area contributed by atoms with Gasteiger partial charge in [0.2, 0.25) is 0 Å². The highest BCUT2D eigenvalue weighted by molar-refractivity contribution is 9.10. The number of hydrogen-bond donors (Lipinski definition) is 0. The van der Waals surface area contributed by atoms with Crippen molar-refractivity contribution in [1.29, 1.82) is 0 Å². The van der Waals surface area contributed by atoms with Crippen molar-refractivity contribution in [3.8, 4) is 11.1 Å². The highest BCUT2D eigenvalue weighted by atomic mass is 79.9. The Hall–Kier alpha value is -1.08. The summed E-state index contributed by atoms with van der Waals surface area (Å²) in [5.74, 6) is 0. The monoisotopic (exact) mass is 510 g/mol. The number of fused-ring (bicyclic) bond motifs is 3. The van der Waals surface area contributed by atoms with Crippen molar-refractivity contribution in [3.05, 3.63) is 58.1 Å². The van der Waals surface area contributed by atoms with Crippen molar-refractivity contribution in [3.63, 3.8) is 0 Å². The molecule has 0 aromatic heterocycles. The molecule has 0 bridgehead atoms. The van der Waals surface area contributed by atoms with E-state index in [1.54, 1.807) is 11.1 Å². The lowest BCUT2D eigenvalue weighted by Gasteiger charge is -2.53. The second-order valence-corrected chi connectivity index (χ2v) is 11.9. The fourth-order valence-corrected chi connectivity index (χ4v) is 6.80. The molecule has 33 heavy (non-hydrogen) atoms. The van der Waals surface area contributed by atoms with Crippen LogP contribution in [0.5, 0.6) is 0 Å². The number of benzene rings is 2. The topological polar surface area (TPSA) is 0 Å². The van der Waals surface area contributed by atoms with Crippen molar-refractivity contribution < 1.29 is 0 Å². The van der Waals surface area contributed by atoms with Crippen LogP contribution in [0.25, 0.3) is 11.1 Å². The Balaban J connectivity index is 1.94. The van der Waals surface area contributed by atoms with E-state index >= 15 is 0 Å². The summed E-state index contributed by atoms with van der Waals surface area (Å²) in [5.41, 5.74) is 6.41. The number of rotatable bonds is 14. The molecule has 0 nitrogen and oxygen atoms in total. The average molecular weight is 512 g/mol. The largest absolute Gasteiger partial charge is 0.0654 e. The normalized spacial score (nSPS) is 15.8. The standard InChI is InChI=1S/C32H47Br/c1-5-7-9-11-13-17-23-32(24-18-14-12-10-8-6-2)30-25-26(33)21-22-28(30)27-19-15-16-20-29(27)31(32,3)4/h15-16,19-22,25H,5-14,17-18,23-24H2,1-4H3. The number of hydrogen-bond acceptors (Lipinski definition) is 0. The minimum Gasteiger partial charge on any atom is -0.0654 e. The summed E-state index contributed by atoms with van der Waals surface area (Å²) >= 11 is 3.84. The van der Waals surface area contributed by atoms with E-state index in [1.165, 1.54) is 105 Å². The summed E-state index contributed by atoms with van der Waals surface area (Å²) in [7, 11) is 0. The molecule has 1 aliphatic carbocycles. The Bertz CT molecular complexity index is 847. The van der Waals surface area contributed by atoms with Gasteiger partial charge in [-0.1, -0.05) is 151 Å². The van der Waals surface area contributed by atoms with Crippen molar-refractivity contribution >= 4 is 15.9 Å². The fourth-order valence-electron chi connectivity index (χ4n) is 6.44. The summed E-state index contributed by atoms with van der Waals surface area (Å²) in [4.78, 5) is 0. The Morgan fingerprint density at radius 2 is 1.12 bits per heavy atom. The van der Waals surface area contributed by atoms with Crippen LogP contribution < -0.4 is 0 Å². The van der Waals surface area contributed by atoms with Crippen molar-refractivity contribution in [1.82, 2.24) is 0 Å². The molecular formula is C32H47Br. The van der Waals surface area contributed by atoms with Gasteiger partial charge in [0.25, 0.3) is 0 Å². The lowest BCUT2D eigenvalue weighted by molar-refractivity contribution is 0.199. The molecule has 1 heteroatoms. The lowest BCUT2D eigenvalue weighted by atomic mass is 9.50. The van der Waals surface area contributed by atoms with Gasteiger partial charge in [-0.25, -0.2) is 0 Å². The van der Waals surface area contributed by atoms with Gasteiger partial charge in [0.05, 0.1) is 0 Å². The molecule has 0 unspecified atom stereocenters. The number of unbranched alkanes of at least 4 members (excludes halogenated alkanes) is 10. The van der Waals surface area contributed by atoms with Crippen molar-refractivity contribution in [2.24, 2.45) is 0 Å². The maximum atomic E-state index is 3.84. The van der Waals surface area contributed by atoms with Gasteiger partial charge in [-0.05, 0) is 52.6 Å². The van der Waals surface area contributed by atoms with Gasteiger partial charge in [-0.15, -0.1) is 0 Å². The molecule has 182 valence electrons. The van der Waals surface area contributed by atoms with Crippen LogP contribution in [-0.2, 0) is 10.8 Å². The zero-order valence-corrected chi connectivity index (χ0v) is 23.4. The molecule has 0 heterocycles. The molecule has 0 fully saturated rings. The number of halogens is 1. The zero-order valence-electron chi connectivity index (χ0n) is 21.8. The van der Waals surface area contributed by atoms with Crippen LogP contribution in [0.4, 0.5) is 0 Å². The predicted molar refractivity (Wildman–Crippen MR) is 150 cm³/mol. The van der Waals surface area contributed by atoms with E-state index in [-0.39, 0.29) is 10.8 Å². The van der Waals surface area contributed by atoms with Crippen LogP contribution in [0, 0.1) is 0 Å². The van der Waals surface area contributed by atoms with Gasteiger partial charge in [0.1, 0.15) is 0 Å². The van der Waals surface area contributed by atoms with Gasteiger partial charge in [0.15, 0.2) is 0 Å². The highest BCUT2D eigenvalue weighted by Gasteiger charge is 2.50. The third kappa shape index (κ3) is 5.95. The van der Waals surface area contributed by atoms with E-state index in [2.05, 4.69) is 86.1 Å². The molecule has 0 spiro atoms.